The summed E-state index contributed by atoms with van der Waals surface area (Å²) in [6, 6.07) is 2.73. The molecule has 45 heavy (non-hydrogen) atoms. The Labute approximate surface area is 269 Å². The Balaban J connectivity index is 1.36. The molecule has 2 aliphatic rings. The van der Waals surface area contributed by atoms with Crippen molar-refractivity contribution in [1.29, 1.82) is 0 Å². The fourth-order valence-electron chi connectivity index (χ4n) is 4.82. The van der Waals surface area contributed by atoms with Gasteiger partial charge in [0, 0.05) is 23.9 Å². The minimum Gasteiger partial charge on any atom is -0.478 e. The molecule has 2 aliphatic heterocycles. The van der Waals surface area contributed by atoms with E-state index in [9.17, 15) is 19.2 Å². The number of aryl methyl sites for hydroxylation is 1. The van der Waals surface area contributed by atoms with Crippen LogP contribution in [0.4, 0.5) is 11.1 Å². The predicted molar refractivity (Wildman–Crippen MR) is 167 cm³/mol. The Bertz CT molecular complexity index is 1750. The number of hydrogen-bond donors (Lipinski definition) is 5. The molecule has 2 unspecified atom stereocenters. The zero-order valence-corrected chi connectivity index (χ0v) is 26.4. The number of nitrogens with two attached hydrogens (primary N) is 3. The number of carboxylic acids is 1. The number of nitrogen functional groups attached to an aromatic ring is 2. The summed E-state index contributed by atoms with van der Waals surface area (Å²) in [6.45, 7) is 4.01. The Hall–Kier alpha value is -4.26. The first-order valence-electron chi connectivity index (χ1n) is 13.6. The molecule has 0 saturated carbocycles. The summed E-state index contributed by atoms with van der Waals surface area (Å²) in [5.41, 5.74) is 19.6. The molecule has 0 spiro atoms. The van der Waals surface area contributed by atoms with Crippen LogP contribution in [-0.4, -0.2) is 83.6 Å². The third-order valence-corrected chi connectivity index (χ3v) is 9.58. The SMILES string of the molecule is C[C@H](N)CCn1c(N)nc2c1ccc[n+]2CC1=C(C=O)N2C(=O)C(NC(=O)/C(=N\O[C@@H](C)C(=O)O)c3nc(N)sc3Cl)C2SC1. The van der Waals surface area contributed by atoms with E-state index in [0.29, 0.717) is 42.2 Å². The molecule has 1 fully saturated rings. The summed E-state index contributed by atoms with van der Waals surface area (Å²) in [6.07, 6.45) is 1.77. The molecular formula is C26H30ClN10O6S2+. The molecule has 0 bridgehead atoms. The molecule has 5 heterocycles. The number of halogens is 1. The largest absolute Gasteiger partial charge is 0.478 e. The molecule has 4 atom stereocenters. The number of thioether (sulfide) groups is 1. The minimum atomic E-state index is -1.39. The first kappa shape index (κ1) is 32.1. The quantitative estimate of drug-likeness (QED) is 0.0563. The minimum absolute atomic E-state index is 0.00962. The number of pyridine rings is 1. The van der Waals surface area contributed by atoms with Crippen molar-refractivity contribution < 1.29 is 33.7 Å². The van der Waals surface area contributed by atoms with Crippen molar-refractivity contribution in [3.05, 3.63) is 39.6 Å². The van der Waals surface area contributed by atoms with E-state index in [0.717, 1.165) is 16.9 Å². The highest BCUT2D eigenvalue weighted by Crippen LogP contribution is 2.40. The topological polar surface area (TPSA) is 238 Å². The lowest BCUT2D eigenvalue weighted by Crippen LogP contribution is -2.70. The van der Waals surface area contributed by atoms with Gasteiger partial charge in [-0.15, -0.1) is 11.8 Å². The van der Waals surface area contributed by atoms with Crippen molar-refractivity contribution in [2.75, 3.05) is 17.2 Å². The molecule has 8 N–H and O–H groups in total. The highest BCUT2D eigenvalue weighted by atomic mass is 35.5. The monoisotopic (exact) mass is 677 g/mol. The number of nitrogens with one attached hydrogen (secondary N) is 1. The van der Waals surface area contributed by atoms with Crippen LogP contribution in [0, 0.1) is 0 Å². The highest BCUT2D eigenvalue weighted by molar-refractivity contribution is 8.00. The molecule has 19 heteroatoms. The van der Waals surface area contributed by atoms with E-state index < -0.39 is 41.0 Å². The van der Waals surface area contributed by atoms with Crippen molar-refractivity contribution in [3.8, 4) is 0 Å². The number of fused-ring (bicyclic) bond motifs is 2. The number of thiazole rings is 1. The van der Waals surface area contributed by atoms with Crippen molar-refractivity contribution in [3.63, 3.8) is 0 Å². The van der Waals surface area contributed by atoms with Gasteiger partial charge in [0.15, 0.2) is 17.1 Å². The second-order valence-corrected chi connectivity index (χ2v) is 13.1. The first-order valence-corrected chi connectivity index (χ1v) is 15.9. The number of aliphatic carboxylic acids is 1. The fourth-order valence-corrected chi connectivity index (χ4v) is 7.10. The average Bonchev–Trinajstić information content (AvgIpc) is 3.51. The molecule has 3 aromatic heterocycles. The number of imidazole rings is 1. The van der Waals surface area contributed by atoms with Gasteiger partial charge in [0.1, 0.15) is 33.5 Å². The van der Waals surface area contributed by atoms with Gasteiger partial charge < -0.3 is 32.5 Å². The molecule has 3 aromatic rings. The number of allylic oxidation sites excluding steroid dienone is 1. The van der Waals surface area contributed by atoms with Crippen molar-refractivity contribution in [1.82, 2.24) is 24.8 Å². The summed E-state index contributed by atoms with van der Waals surface area (Å²) in [5.74, 6) is -2.00. The van der Waals surface area contributed by atoms with E-state index in [4.69, 9.17) is 38.7 Å². The van der Waals surface area contributed by atoms with Crippen LogP contribution >= 0.6 is 34.7 Å². The van der Waals surface area contributed by atoms with E-state index in [-0.39, 0.29) is 33.4 Å². The van der Waals surface area contributed by atoms with Crippen LogP contribution in [0.2, 0.25) is 4.34 Å². The Kier molecular flexibility index (Phi) is 9.28. The second-order valence-electron chi connectivity index (χ2n) is 10.4. The van der Waals surface area contributed by atoms with Gasteiger partial charge in [-0.2, -0.15) is 0 Å². The van der Waals surface area contributed by atoms with E-state index in [1.165, 1.54) is 23.6 Å². The third-order valence-electron chi connectivity index (χ3n) is 7.16. The smallest absolute Gasteiger partial charge is 0.351 e. The van der Waals surface area contributed by atoms with Gasteiger partial charge in [-0.25, -0.2) is 14.3 Å². The molecule has 238 valence electrons. The predicted octanol–water partition coefficient (Wildman–Crippen LogP) is 0.0823. The number of carbonyl (C=O) groups is 4. The lowest BCUT2D eigenvalue weighted by molar-refractivity contribution is -0.664. The van der Waals surface area contributed by atoms with E-state index in [1.807, 2.05) is 34.4 Å². The zero-order chi connectivity index (χ0) is 32.6. The standard InChI is InChI=1S/C26H29ClN10O6S2/c1-11(28)5-7-36-14-4-3-6-35(20(14)33-25(36)29)8-13-10-44-23-18(22(40)37(23)15(13)9-38)31-21(39)17(34-43-12(2)24(41)42)16-19(27)45-26(30)32-16/h3-4,6,9,11-12,18,23,29H,5,7-8,10,28H2,1-2H3,(H4,30,31,32,39,41,42)/p+1/b34-17-/t11-,12-,18?,23?/m0/s1. The summed E-state index contributed by atoms with van der Waals surface area (Å²) in [7, 11) is 0. The number of aldehydes is 1. The van der Waals surface area contributed by atoms with Crippen LogP contribution in [-0.2, 0) is 37.1 Å². The zero-order valence-electron chi connectivity index (χ0n) is 24.0. The van der Waals surface area contributed by atoms with Crippen LogP contribution in [0.5, 0.6) is 0 Å². The maximum atomic E-state index is 13.3. The summed E-state index contributed by atoms with van der Waals surface area (Å²) in [4.78, 5) is 65.0. The number of anilines is 2. The molecule has 0 radical (unpaired) electrons. The third kappa shape index (κ3) is 6.31. The fraction of sp³-hybridized carbons (Fsp3) is 0.385. The van der Waals surface area contributed by atoms with Gasteiger partial charge in [-0.1, -0.05) is 28.1 Å². The number of rotatable bonds is 12. The number of amides is 2. The van der Waals surface area contributed by atoms with E-state index in [1.54, 1.807) is 0 Å². The molecule has 1 saturated heterocycles. The van der Waals surface area contributed by atoms with Gasteiger partial charge in [-0.05, 0) is 37.4 Å². The molecule has 16 nitrogen and oxygen atoms in total. The number of carboxylic acid groups (broad SMARTS) is 1. The number of hydrogen-bond acceptors (Lipinski definition) is 13. The van der Waals surface area contributed by atoms with Gasteiger partial charge in [0.2, 0.25) is 6.10 Å². The lowest BCUT2D eigenvalue weighted by Gasteiger charge is -2.49. The van der Waals surface area contributed by atoms with Crippen molar-refractivity contribution >= 4 is 86.7 Å². The maximum absolute atomic E-state index is 13.3. The summed E-state index contributed by atoms with van der Waals surface area (Å²) >= 11 is 8.42. The lowest BCUT2D eigenvalue weighted by atomic mass is 10.0. The molecule has 5 rings (SSSR count). The molecule has 0 aliphatic carbocycles. The number of β-lactam (4-membered cyclic amide) rings is 1. The van der Waals surface area contributed by atoms with Crippen LogP contribution in [0.25, 0.3) is 11.2 Å². The van der Waals surface area contributed by atoms with Gasteiger partial charge in [-0.3, -0.25) is 23.9 Å². The molecule has 0 aromatic carbocycles. The molecule has 2 amide bonds. The maximum Gasteiger partial charge on any atom is 0.351 e. The first-order chi connectivity index (χ1) is 21.4. The summed E-state index contributed by atoms with van der Waals surface area (Å²) in [5, 5.41) is 14.9. The second kappa shape index (κ2) is 13.0. The van der Waals surface area contributed by atoms with E-state index >= 15 is 0 Å². The average molecular weight is 678 g/mol. The summed E-state index contributed by atoms with van der Waals surface area (Å²) < 4.78 is 3.77. The number of oxime groups is 1. The number of aromatic nitrogens is 4. The van der Waals surface area contributed by atoms with Crippen LogP contribution in [0.1, 0.15) is 26.0 Å². The van der Waals surface area contributed by atoms with Gasteiger partial charge in [0.25, 0.3) is 11.8 Å². The number of nitrogens with zero attached hydrogens (tertiary/aromatic N) is 6. The Morgan fingerprint density at radius 2 is 2.11 bits per heavy atom. The van der Waals surface area contributed by atoms with Crippen LogP contribution in [0.3, 0.4) is 0 Å². The number of carbonyl (C=O) groups excluding carboxylic acids is 3. The van der Waals surface area contributed by atoms with Crippen molar-refractivity contribution in [2.45, 2.75) is 56.9 Å². The Morgan fingerprint density at radius 1 is 1.36 bits per heavy atom. The normalized spacial score (nSPS) is 19.6. The van der Waals surface area contributed by atoms with E-state index in [2.05, 4.69) is 20.4 Å². The Morgan fingerprint density at radius 3 is 2.76 bits per heavy atom. The van der Waals surface area contributed by atoms with Crippen LogP contribution in [0.15, 0.2) is 34.8 Å². The van der Waals surface area contributed by atoms with Gasteiger partial charge >= 0.3 is 17.6 Å². The van der Waals surface area contributed by atoms with Gasteiger partial charge in [0.05, 0.1) is 11.9 Å². The van der Waals surface area contributed by atoms with Crippen molar-refractivity contribution in [2.24, 2.45) is 10.9 Å². The highest BCUT2D eigenvalue weighted by Gasteiger charge is 2.53. The van der Waals surface area contributed by atoms with Crippen LogP contribution < -0.4 is 27.1 Å². The molecular weight excluding hydrogens is 648 g/mol.